The number of amides is 1. The maximum absolute atomic E-state index is 11.3. The van der Waals surface area contributed by atoms with Crippen LogP contribution in [0.4, 0.5) is 0 Å². The number of carbonyl (C=O) groups excluding carboxylic acids is 1. The minimum atomic E-state index is -0.0477. The topological polar surface area (TPSA) is 38.3 Å². The lowest BCUT2D eigenvalue weighted by atomic mass is 10.2. The van der Waals surface area contributed by atoms with Crippen LogP contribution in [0.3, 0.4) is 0 Å². The van der Waals surface area contributed by atoms with Gasteiger partial charge in [0.25, 0.3) is 0 Å². The van der Waals surface area contributed by atoms with E-state index < -0.39 is 0 Å². The van der Waals surface area contributed by atoms with E-state index in [1.165, 1.54) is 0 Å². The van der Waals surface area contributed by atoms with Gasteiger partial charge in [-0.2, -0.15) is 0 Å². The second-order valence-electron chi connectivity index (χ2n) is 3.90. The Hall–Kier alpha value is -0.870. The van der Waals surface area contributed by atoms with Gasteiger partial charge in [-0.05, 0) is 24.1 Å². The third kappa shape index (κ3) is 6.44. The summed E-state index contributed by atoms with van der Waals surface area (Å²) in [5, 5.41) is 0. The van der Waals surface area contributed by atoms with Crippen molar-refractivity contribution in [2.24, 2.45) is 0 Å². The Morgan fingerprint density at radius 3 is 2.94 bits per heavy atom. The van der Waals surface area contributed by atoms with Gasteiger partial charge in [-0.3, -0.25) is 9.63 Å². The van der Waals surface area contributed by atoms with E-state index in [9.17, 15) is 4.79 Å². The Kier molecular flexibility index (Phi) is 6.89. The molecule has 0 unspecified atom stereocenters. The van der Waals surface area contributed by atoms with Crippen LogP contribution in [0.25, 0.3) is 0 Å². The average Bonchev–Trinajstić information content (AvgIpc) is 2.29. The van der Waals surface area contributed by atoms with E-state index in [2.05, 4.69) is 28.3 Å². The summed E-state index contributed by atoms with van der Waals surface area (Å²) in [7, 11) is 0. The van der Waals surface area contributed by atoms with Crippen molar-refractivity contribution in [3.8, 4) is 0 Å². The second kappa shape index (κ2) is 8.25. The molecule has 1 aromatic carbocycles. The zero-order valence-corrected chi connectivity index (χ0v) is 11.6. The van der Waals surface area contributed by atoms with Crippen LogP contribution < -0.4 is 5.48 Å². The SMILES string of the molecule is CCCCCC(=O)NOCc1cccc(Br)c1. The number of halogens is 1. The molecule has 0 aliphatic rings. The Balaban J connectivity index is 2.17. The summed E-state index contributed by atoms with van der Waals surface area (Å²) in [6.45, 7) is 2.50. The van der Waals surface area contributed by atoms with Crippen molar-refractivity contribution in [2.45, 2.75) is 39.2 Å². The average molecular weight is 300 g/mol. The monoisotopic (exact) mass is 299 g/mol. The highest BCUT2D eigenvalue weighted by atomic mass is 79.9. The van der Waals surface area contributed by atoms with Crippen molar-refractivity contribution in [3.63, 3.8) is 0 Å². The number of benzene rings is 1. The fourth-order valence-electron chi connectivity index (χ4n) is 1.41. The summed E-state index contributed by atoms with van der Waals surface area (Å²) in [5.74, 6) is -0.0477. The molecule has 0 fully saturated rings. The van der Waals surface area contributed by atoms with E-state index in [4.69, 9.17) is 4.84 Å². The Labute approximate surface area is 111 Å². The first-order chi connectivity index (χ1) is 8.22. The lowest BCUT2D eigenvalue weighted by Gasteiger charge is -2.06. The van der Waals surface area contributed by atoms with Gasteiger partial charge in [0, 0.05) is 10.9 Å². The van der Waals surface area contributed by atoms with E-state index in [1.807, 2.05) is 24.3 Å². The molecule has 0 bridgehead atoms. The number of hydroxylamine groups is 1. The molecule has 1 N–H and O–H groups in total. The number of carbonyl (C=O) groups is 1. The predicted molar refractivity (Wildman–Crippen MR) is 71.2 cm³/mol. The van der Waals surface area contributed by atoms with E-state index in [0.717, 1.165) is 29.3 Å². The van der Waals surface area contributed by atoms with Crippen LogP contribution >= 0.6 is 15.9 Å². The minimum absolute atomic E-state index is 0.0477. The molecule has 0 saturated heterocycles. The largest absolute Gasteiger partial charge is 0.273 e. The van der Waals surface area contributed by atoms with Crippen LogP contribution in [0.5, 0.6) is 0 Å². The van der Waals surface area contributed by atoms with Gasteiger partial charge in [-0.1, -0.05) is 47.8 Å². The van der Waals surface area contributed by atoms with Gasteiger partial charge in [0.15, 0.2) is 0 Å². The summed E-state index contributed by atoms with van der Waals surface area (Å²) >= 11 is 3.38. The van der Waals surface area contributed by atoms with Crippen LogP contribution in [0.1, 0.15) is 38.2 Å². The first-order valence-electron chi connectivity index (χ1n) is 5.87. The molecule has 1 amide bonds. The first-order valence-corrected chi connectivity index (χ1v) is 6.66. The third-order valence-electron chi connectivity index (χ3n) is 2.32. The fourth-order valence-corrected chi connectivity index (χ4v) is 1.86. The maximum atomic E-state index is 11.3. The second-order valence-corrected chi connectivity index (χ2v) is 4.82. The summed E-state index contributed by atoms with van der Waals surface area (Å²) in [6, 6.07) is 7.80. The molecule has 1 rings (SSSR count). The molecule has 0 aliphatic carbocycles. The van der Waals surface area contributed by atoms with E-state index >= 15 is 0 Å². The minimum Gasteiger partial charge on any atom is -0.273 e. The number of nitrogens with one attached hydrogen (secondary N) is 1. The molecule has 0 heterocycles. The molecular formula is C13H18BrNO2. The van der Waals surface area contributed by atoms with Gasteiger partial charge in [0.1, 0.15) is 0 Å². The standard InChI is InChI=1S/C13H18BrNO2/c1-2-3-4-8-13(16)15-17-10-11-6-5-7-12(14)9-11/h5-7,9H,2-4,8,10H2,1H3,(H,15,16). The highest BCUT2D eigenvalue weighted by Gasteiger charge is 2.00. The van der Waals surface area contributed by atoms with Crippen LogP contribution in [-0.4, -0.2) is 5.91 Å². The van der Waals surface area contributed by atoms with Gasteiger partial charge in [0.05, 0.1) is 6.61 Å². The molecule has 17 heavy (non-hydrogen) atoms. The van der Waals surface area contributed by atoms with Crippen molar-refractivity contribution in [1.82, 2.24) is 5.48 Å². The molecular weight excluding hydrogens is 282 g/mol. The van der Waals surface area contributed by atoms with Crippen molar-refractivity contribution < 1.29 is 9.63 Å². The third-order valence-corrected chi connectivity index (χ3v) is 2.81. The van der Waals surface area contributed by atoms with Gasteiger partial charge >= 0.3 is 0 Å². The molecule has 0 atom stereocenters. The summed E-state index contributed by atoms with van der Waals surface area (Å²) in [4.78, 5) is 16.5. The molecule has 0 aromatic heterocycles. The summed E-state index contributed by atoms with van der Waals surface area (Å²) in [5.41, 5.74) is 3.48. The maximum Gasteiger partial charge on any atom is 0.243 e. The highest BCUT2D eigenvalue weighted by Crippen LogP contribution is 2.11. The first kappa shape index (κ1) is 14.2. The Morgan fingerprint density at radius 2 is 2.24 bits per heavy atom. The van der Waals surface area contributed by atoms with Gasteiger partial charge in [-0.25, -0.2) is 5.48 Å². The zero-order valence-electron chi connectivity index (χ0n) is 10.0. The van der Waals surface area contributed by atoms with Crippen LogP contribution in [0.15, 0.2) is 28.7 Å². The van der Waals surface area contributed by atoms with E-state index in [1.54, 1.807) is 0 Å². The predicted octanol–water partition coefficient (Wildman–Crippen LogP) is 3.58. The van der Waals surface area contributed by atoms with Crippen LogP contribution in [-0.2, 0) is 16.2 Å². The summed E-state index contributed by atoms with van der Waals surface area (Å²) < 4.78 is 1.01. The highest BCUT2D eigenvalue weighted by molar-refractivity contribution is 9.10. The van der Waals surface area contributed by atoms with Crippen molar-refractivity contribution in [2.75, 3.05) is 0 Å². The van der Waals surface area contributed by atoms with Crippen molar-refractivity contribution in [1.29, 1.82) is 0 Å². The normalized spacial score (nSPS) is 10.2. The zero-order chi connectivity index (χ0) is 12.5. The molecule has 0 aliphatic heterocycles. The molecule has 0 spiro atoms. The molecule has 0 radical (unpaired) electrons. The number of hydrogen-bond acceptors (Lipinski definition) is 2. The van der Waals surface area contributed by atoms with Gasteiger partial charge in [0.2, 0.25) is 5.91 Å². The molecule has 0 saturated carbocycles. The van der Waals surface area contributed by atoms with Crippen molar-refractivity contribution in [3.05, 3.63) is 34.3 Å². The fraction of sp³-hybridized carbons (Fsp3) is 0.462. The number of hydrogen-bond donors (Lipinski definition) is 1. The molecule has 94 valence electrons. The number of rotatable bonds is 7. The molecule has 4 heteroatoms. The van der Waals surface area contributed by atoms with E-state index in [-0.39, 0.29) is 5.91 Å². The van der Waals surface area contributed by atoms with Gasteiger partial charge in [-0.15, -0.1) is 0 Å². The Bertz CT molecular complexity index is 355. The quantitative estimate of drug-likeness (QED) is 0.617. The van der Waals surface area contributed by atoms with Crippen molar-refractivity contribution >= 4 is 21.8 Å². The smallest absolute Gasteiger partial charge is 0.243 e. The van der Waals surface area contributed by atoms with Crippen LogP contribution in [0, 0.1) is 0 Å². The Morgan fingerprint density at radius 1 is 1.41 bits per heavy atom. The number of unbranched alkanes of at least 4 members (excludes halogenated alkanes) is 2. The van der Waals surface area contributed by atoms with Crippen LogP contribution in [0.2, 0.25) is 0 Å². The van der Waals surface area contributed by atoms with E-state index in [0.29, 0.717) is 13.0 Å². The summed E-state index contributed by atoms with van der Waals surface area (Å²) in [6.07, 6.45) is 3.65. The van der Waals surface area contributed by atoms with Gasteiger partial charge < -0.3 is 0 Å². The molecule has 1 aromatic rings. The molecule has 3 nitrogen and oxygen atoms in total. The lowest BCUT2D eigenvalue weighted by Crippen LogP contribution is -2.23. The lowest BCUT2D eigenvalue weighted by molar-refractivity contribution is -0.134.